The molecule has 0 bridgehead atoms. The Balaban J connectivity index is 0.00000117. The molecule has 0 aromatic heterocycles. The zero-order chi connectivity index (χ0) is 20.5. The molecule has 2 atom stereocenters. The molecule has 0 aliphatic carbocycles. The summed E-state index contributed by atoms with van der Waals surface area (Å²) in [6.07, 6.45) is 1.50. The number of hydrogen-bond donors (Lipinski definition) is 0. The van der Waals surface area contributed by atoms with Gasteiger partial charge in [-0.05, 0) is 42.0 Å². The van der Waals surface area contributed by atoms with Crippen LogP contribution in [0.4, 0.5) is 0 Å². The Hall–Kier alpha value is -2.74. The van der Waals surface area contributed by atoms with Crippen molar-refractivity contribution >= 4 is 12.8 Å². The van der Waals surface area contributed by atoms with Gasteiger partial charge in [0.1, 0.15) is 24.4 Å². The van der Waals surface area contributed by atoms with Gasteiger partial charge in [0.25, 0.3) is 0 Å². The average molecular weight is 400 g/mol. The third-order valence-corrected chi connectivity index (χ3v) is 4.31. The molecule has 4 rings (SSSR count). The highest BCUT2D eigenvalue weighted by molar-refractivity contribution is 5.91. The lowest BCUT2D eigenvalue weighted by Gasteiger charge is -2.08. The molecule has 2 unspecified atom stereocenters. The Labute approximate surface area is 169 Å². The molecule has 2 saturated heterocycles. The molecule has 29 heavy (non-hydrogen) atoms. The molecule has 2 aliphatic rings. The van der Waals surface area contributed by atoms with Crippen molar-refractivity contribution in [3.05, 3.63) is 59.7 Å². The smallest absolute Gasteiger partial charge is 0.343 e. The molecule has 2 aromatic carbocycles. The lowest BCUT2D eigenvalue weighted by molar-refractivity contribution is -0.0980. The number of rotatable bonds is 10. The molecule has 0 N–H and O–H groups in total. The number of benzene rings is 2. The van der Waals surface area contributed by atoms with E-state index in [4.69, 9.17) is 28.5 Å². The van der Waals surface area contributed by atoms with Crippen LogP contribution in [0.2, 0.25) is 0 Å². The zero-order valence-electron chi connectivity index (χ0n) is 16.1. The van der Waals surface area contributed by atoms with Gasteiger partial charge in [0.05, 0.1) is 44.7 Å². The summed E-state index contributed by atoms with van der Waals surface area (Å²) >= 11 is 0. The summed E-state index contributed by atoms with van der Waals surface area (Å²) < 4.78 is 26.8. The third kappa shape index (κ3) is 7.30. The Kier molecular flexibility index (Phi) is 7.75. The summed E-state index contributed by atoms with van der Waals surface area (Å²) in [6, 6.07) is 14.3. The molecule has 0 radical (unpaired) electrons. The minimum absolute atomic E-state index is 0.253. The van der Waals surface area contributed by atoms with Crippen molar-refractivity contribution in [2.45, 2.75) is 25.2 Å². The van der Waals surface area contributed by atoms with E-state index >= 15 is 0 Å². The van der Waals surface area contributed by atoms with Gasteiger partial charge in [-0.25, -0.2) is 4.79 Å². The normalized spacial score (nSPS) is 18.9. The van der Waals surface area contributed by atoms with Crippen molar-refractivity contribution in [3.8, 4) is 11.5 Å². The fourth-order valence-corrected chi connectivity index (χ4v) is 2.52. The number of carbonyl (C=O) groups is 2. The van der Waals surface area contributed by atoms with Gasteiger partial charge < -0.3 is 28.5 Å². The molecule has 0 saturated carbocycles. The van der Waals surface area contributed by atoms with Gasteiger partial charge in [-0.3, -0.25) is 0 Å². The molecule has 7 nitrogen and oxygen atoms in total. The Morgan fingerprint density at radius 1 is 0.931 bits per heavy atom. The molecule has 2 aliphatic heterocycles. The maximum Gasteiger partial charge on any atom is 0.343 e. The maximum atomic E-state index is 12.3. The largest absolute Gasteiger partial charge is 0.493 e. The predicted molar refractivity (Wildman–Crippen MR) is 104 cm³/mol. The number of esters is 1. The first kappa shape index (κ1) is 21.0. The molecule has 7 heteroatoms. The fourth-order valence-electron chi connectivity index (χ4n) is 2.52. The van der Waals surface area contributed by atoms with Gasteiger partial charge in [0.15, 0.2) is 0 Å². The van der Waals surface area contributed by atoms with Crippen LogP contribution in [0.3, 0.4) is 0 Å². The minimum atomic E-state index is -0.395. The standard InChI is InChI=1S/C21H22O6.CH2O/c22-21(16-3-1-15(2-4-16)11-23-12-20-14-26-20)27-18-7-5-17(6-8-18)24-10-9-19-13-25-19;1-2/h1-8,19-20H,9-14H2;1H2. The van der Waals surface area contributed by atoms with Gasteiger partial charge in [0, 0.05) is 6.42 Å². The highest BCUT2D eigenvalue weighted by atomic mass is 16.6. The number of ether oxygens (including phenoxy) is 5. The van der Waals surface area contributed by atoms with Crippen molar-refractivity contribution in [2.75, 3.05) is 26.4 Å². The molecule has 0 amide bonds. The summed E-state index contributed by atoms with van der Waals surface area (Å²) in [5.74, 6) is 0.833. The number of epoxide rings is 2. The summed E-state index contributed by atoms with van der Waals surface area (Å²) in [6.45, 7) is 5.35. The molecule has 154 valence electrons. The fraction of sp³-hybridized carbons (Fsp3) is 0.364. The molecule has 2 fully saturated rings. The molecule has 2 heterocycles. The van der Waals surface area contributed by atoms with Gasteiger partial charge in [-0.1, -0.05) is 12.1 Å². The molecular formula is C22H24O7. The minimum Gasteiger partial charge on any atom is -0.493 e. The summed E-state index contributed by atoms with van der Waals surface area (Å²) in [5, 5.41) is 0. The van der Waals surface area contributed by atoms with Crippen LogP contribution in [0.25, 0.3) is 0 Å². The summed E-state index contributed by atoms with van der Waals surface area (Å²) in [7, 11) is 0. The van der Waals surface area contributed by atoms with E-state index in [2.05, 4.69) is 0 Å². The van der Waals surface area contributed by atoms with E-state index in [1.165, 1.54) is 0 Å². The van der Waals surface area contributed by atoms with E-state index in [1.54, 1.807) is 36.4 Å². The van der Waals surface area contributed by atoms with E-state index in [9.17, 15) is 4.79 Å². The van der Waals surface area contributed by atoms with Crippen LogP contribution in [0.5, 0.6) is 11.5 Å². The van der Waals surface area contributed by atoms with Gasteiger partial charge >= 0.3 is 5.97 Å². The second-order valence-corrected chi connectivity index (χ2v) is 6.62. The summed E-state index contributed by atoms with van der Waals surface area (Å²) in [4.78, 5) is 20.3. The van der Waals surface area contributed by atoms with E-state index in [0.29, 0.717) is 37.2 Å². The van der Waals surface area contributed by atoms with Crippen LogP contribution >= 0.6 is 0 Å². The first-order chi connectivity index (χ1) is 14.3. The zero-order valence-corrected chi connectivity index (χ0v) is 16.1. The van der Waals surface area contributed by atoms with E-state index in [1.807, 2.05) is 18.9 Å². The van der Waals surface area contributed by atoms with Gasteiger partial charge in [-0.15, -0.1) is 0 Å². The first-order valence-corrected chi connectivity index (χ1v) is 9.40. The van der Waals surface area contributed by atoms with Crippen molar-refractivity contribution in [2.24, 2.45) is 0 Å². The van der Waals surface area contributed by atoms with Crippen molar-refractivity contribution in [1.29, 1.82) is 0 Å². The predicted octanol–water partition coefficient (Wildman–Crippen LogP) is 2.80. The lowest BCUT2D eigenvalue weighted by Crippen LogP contribution is -2.09. The van der Waals surface area contributed by atoms with Crippen molar-refractivity contribution in [1.82, 2.24) is 0 Å². The van der Waals surface area contributed by atoms with Crippen LogP contribution < -0.4 is 9.47 Å². The second kappa shape index (κ2) is 10.7. The highest BCUT2D eigenvalue weighted by Crippen LogP contribution is 2.20. The average Bonchev–Trinajstić information content (AvgIpc) is 3.67. The van der Waals surface area contributed by atoms with Crippen LogP contribution in [-0.2, 0) is 25.6 Å². The number of hydrogen-bond acceptors (Lipinski definition) is 7. The second-order valence-electron chi connectivity index (χ2n) is 6.62. The Morgan fingerprint density at radius 3 is 2.17 bits per heavy atom. The van der Waals surface area contributed by atoms with Crippen LogP contribution in [0.15, 0.2) is 48.5 Å². The van der Waals surface area contributed by atoms with E-state index in [-0.39, 0.29) is 6.10 Å². The van der Waals surface area contributed by atoms with Gasteiger partial charge in [0.2, 0.25) is 0 Å². The molecule has 0 spiro atoms. The Bertz CT molecular complexity index is 765. The van der Waals surface area contributed by atoms with E-state index in [0.717, 1.165) is 30.9 Å². The Morgan fingerprint density at radius 2 is 1.55 bits per heavy atom. The number of carbonyl (C=O) groups excluding carboxylic acids is 2. The van der Waals surface area contributed by atoms with Crippen molar-refractivity contribution < 1.29 is 33.3 Å². The molecular weight excluding hydrogens is 376 g/mol. The van der Waals surface area contributed by atoms with Crippen LogP contribution in [0, 0.1) is 0 Å². The van der Waals surface area contributed by atoms with Crippen molar-refractivity contribution in [3.63, 3.8) is 0 Å². The molecule has 2 aromatic rings. The lowest BCUT2D eigenvalue weighted by atomic mass is 10.1. The quantitative estimate of drug-likeness (QED) is 0.344. The third-order valence-electron chi connectivity index (χ3n) is 4.31. The highest BCUT2D eigenvalue weighted by Gasteiger charge is 2.22. The SMILES string of the molecule is C=O.O=C(Oc1ccc(OCCC2CO2)cc1)c1ccc(COCC2CO2)cc1. The van der Waals surface area contributed by atoms with Crippen LogP contribution in [-0.4, -0.2) is 51.4 Å². The van der Waals surface area contributed by atoms with E-state index < -0.39 is 5.97 Å². The topological polar surface area (TPSA) is 86.9 Å². The first-order valence-electron chi connectivity index (χ1n) is 9.40. The van der Waals surface area contributed by atoms with Gasteiger partial charge in [-0.2, -0.15) is 0 Å². The monoisotopic (exact) mass is 400 g/mol. The van der Waals surface area contributed by atoms with Crippen LogP contribution in [0.1, 0.15) is 22.3 Å². The summed E-state index contributed by atoms with van der Waals surface area (Å²) in [5.41, 5.74) is 1.50. The maximum absolute atomic E-state index is 12.3.